The summed E-state index contributed by atoms with van der Waals surface area (Å²) in [5.74, 6) is 0.765. The molecular formula is C13H20. The number of allylic oxidation sites excluding steroid dienone is 5. The molecule has 0 atom stereocenters. The van der Waals surface area contributed by atoms with E-state index in [1.54, 1.807) is 0 Å². The van der Waals surface area contributed by atoms with Crippen LogP contribution in [0.15, 0.2) is 36.0 Å². The summed E-state index contributed by atoms with van der Waals surface area (Å²) in [6, 6.07) is 0. The van der Waals surface area contributed by atoms with Gasteiger partial charge in [0.25, 0.3) is 0 Å². The zero-order valence-corrected chi connectivity index (χ0v) is 8.84. The van der Waals surface area contributed by atoms with Gasteiger partial charge in [-0.15, -0.1) is 0 Å². The van der Waals surface area contributed by atoms with E-state index in [-0.39, 0.29) is 0 Å². The fraction of sp³-hybridized carbons (Fsp3) is 0.538. The third-order valence-electron chi connectivity index (χ3n) is 2.90. The van der Waals surface area contributed by atoms with Crippen LogP contribution in [0.3, 0.4) is 0 Å². The van der Waals surface area contributed by atoms with Gasteiger partial charge in [0.1, 0.15) is 0 Å². The molecule has 0 aromatic heterocycles. The van der Waals surface area contributed by atoms with Crippen molar-refractivity contribution in [2.75, 3.05) is 0 Å². The first kappa shape index (κ1) is 10.3. The van der Waals surface area contributed by atoms with Crippen LogP contribution in [0.1, 0.15) is 39.5 Å². The first-order valence-corrected chi connectivity index (χ1v) is 5.24. The Kier molecular flexibility index (Phi) is 4.01. The molecule has 1 fully saturated rings. The molecule has 0 amide bonds. The molecule has 1 aliphatic rings. The zero-order chi connectivity index (χ0) is 9.68. The Labute approximate surface area is 82.0 Å². The fourth-order valence-electron chi connectivity index (χ4n) is 1.77. The van der Waals surface area contributed by atoms with Crippen molar-refractivity contribution in [2.24, 2.45) is 5.92 Å². The van der Waals surface area contributed by atoms with Crippen molar-refractivity contribution in [3.63, 3.8) is 0 Å². The second kappa shape index (κ2) is 5.06. The quantitative estimate of drug-likeness (QED) is 0.564. The fourth-order valence-corrected chi connectivity index (χ4v) is 1.77. The van der Waals surface area contributed by atoms with Gasteiger partial charge in [0.2, 0.25) is 0 Å². The lowest BCUT2D eigenvalue weighted by Crippen LogP contribution is -1.93. The molecule has 0 aromatic rings. The van der Waals surface area contributed by atoms with E-state index in [0.717, 1.165) is 5.92 Å². The van der Waals surface area contributed by atoms with Crippen molar-refractivity contribution in [3.8, 4) is 0 Å². The molecule has 0 aromatic carbocycles. The average Bonchev–Trinajstić information content (AvgIpc) is 2.66. The molecule has 0 nitrogen and oxygen atoms in total. The van der Waals surface area contributed by atoms with Crippen LogP contribution in [0.2, 0.25) is 0 Å². The number of hydrogen-bond donors (Lipinski definition) is 0. The summed E-state index contributed by atoms with van der Waals surface area (Å²) < 4.78 is 0. The van der Waals surface area contributed by atoms with Gasteiger partial charge in [-0.1, -0.05) is 48.8 Å². The Hall–Kier alpha value is -0.780. The van der Waals surface area contributed by atoms with E-state index in [1.165, 1.54) is 36.8 Å². The van der Waals surface area contributed by atoms with Crippen LogP contribution in [0.5, 0.6) is 0 Å². The van der Waals surface area contributed by atoms with Gasteiger partial charge in [0.15, 0.2) is 0 Å². The van der Waals surface area contributed by atoms with E-state index < -0.39 is 0 Å². The Balaban J connectivity index is 2.44. The van der Waals surface area contributed by atoms with Gasteiger partial charge in [-0.05, 0) is 32.6 Å². The van der Waals surface area contributed by atoms with Crippen molar-refractivity contribution in [1.29, 1.82) is 0 Å². The summed E-state index contributed by atoms with van der Waals surface area (Å²) in [6.45, 7) is 8.32. The minimum atomic E-state index is 0.765. The molecule has 13 heavy (non-hydrogen) atoms. The smallest absolute Gasteiger partial charge is 0.0168 e. The van der Waals surface area contributed by atoms with Crippen molar-refractivity contribution < 1.29 is 0 Å². The van der Waals surface area contributed by atoms with Crippen LogP contribution in [0.4, 0.5) is 0 Å². The average molecular weight is 176 g/mol. The first-order valence-electron chi connectivity index (χ1n) is 5.24. The maximum Gasteiger partial charge on any atom is -0.0168 e. The molecule has 0 heteroatoms. The minimum Gasteiger partial charge on any atom is -0.0955 e. The van der Waals surface area contributed by atoms with E-state index in [9.17, 15) is 0 Å². The highest BCUT2D eigenvalue weighted by Gasteiger charge is 2.15. The Morgan fingerprint density at radius 2 is 1.85 bits per heavy atom. The maximum atomic E-state index is 4.13. The summed E-state index contributed by atoms with van der Waals surface area (Å²) in [6.07, 6.45) is 11.9. The van der Waals surface area contributed by atoms with Gasteiger partial charge >= 0.3 is 0 Å². The van der Waals surface area contributed by atoms with Gasteiger partial charge in [0, 0.05) is 0 Å². The van der Waals surface area contributed by atoms with Gasteiger partial charge in [-0.3, -0.25) is 0 Å². The second-order valence-corrected chi connectivity index (χ2v) is 3.92. The van der Waals surface area contributed by atoms with Crippen LogP contribution in [-0.2, 0) is 0 Å². The SMILES string of the molecule is C=C(/C=C\C(C)=C/C)C1CCCC1. The van der Waals surface area contributed by atoms with Crippen molar-refractivity contribution in [1.82, 2.24) is 0 Å². The topological polar surface area (TPSA) is 0 Å². The van der Waals surface area contributed by atoms with E-state index in [2.05, 4.69) is 38.7 Å². The minimum absolute atomic E-state index is 0.765. The van der Waals surface area contributed by atoms with Crippen LogP contribution < -0.4 is 0 Å². The van der Waals surface area contributed by atoms with Gasteiger partial charge in [-0.2, -0.15) is 0 Å². The van der Waals surface area contributed by atoms with Gasteiger partial charge < -0.3 is 0 Å². The van der Waals surface area contributed by atoms with Crippen LogP contribution in [0.25, 0.3) is 0 Å². The summed E-state index contributed by atoms with van der Waals surface area (Å²) in [5.41, 5.74) is 2.64. The molecule has 0 heterocycles. The third-order valence-corrected chi connectivity index (χ3v) is 2.90. The second-order valence-electron chi connectivity index (χ2n) is 3.92. The molecule has 1 rings (SSSR count). The summed E-state index contributed by atoms with van der Waals surface area (Å²) in [5, 5.41) is 0. The van der Waals surface area contributed by atoms with E-state index in [0.29, 0.717) is 0 Å². The number of rotatable bonds is 3. The monoisotopic (exact) mass is 176 g/mol. The largest absolute Gasteiger partial charge is 0.0955 e. The molecular weight excluding hydrogens is 156 g/mol. The zero-order valence-electron chi connectivity index (χ0n) is 8.84. The molecule has 0 aliphatic heterocycles. The Morgan fingerprint density at radius 3 is 2.38 bits per heavy atom. The molecule has 1 saturated carbocycles. The van der Waals surface area contributed by atoms with Crippen molar-refractivity contribution >= 4 is 0 Å². The van der Waals surface area contributed by atoms with Crippen LogP contribution in [-0.4, -0.2) is 0 Å². The highest BCUT2D eigenvalue weighted by atomic mass is 14.2. The van der Waals surface area contributed by atoms with Gasteiger partial charge in [-0.25, -0.2) is 0 Å². The predicted molar refractivity (Wildman–Crippen MR) is 59.7 cm³/mol. The molecule has 0 bridgehead atoms. The number of hydrogen-bond acceptors (Lipinski definition) is 0. The highest BCUT2D eigenvalue weighted by molar-refractivity contribution is 5.26. The van der Waals surface area contributed by atoms with E-state index >= 15 is 0 Å². The molecule has 1 aliphatic carbocycles. The first-order chi connectivity index (χ1) is 6.24. The lowest BCUT2D eigenvalue weighted by atomic mass is 9.98. The van der Waals surface area contributed by atoms with Crippen LogP contribution in [0, 0.1) is 5.92 Å². The molecule has 0 radical (unpaired) electrons. The molecule has 0 unspecified atom stereocenters. The summed E-state index contributed by atoms with van der Waals surface area (Å²) in [4.78, 5) is 0. The van der Waals surface area contributed by atoms with Crippen molar-refractivity contribution in [3.05, 3.63) is 36.0 Å². The standard InChI is InChI=1S/C13H20/c1-4-11(2)9-10-12(3)13-7-5-6-8-13/h4,9-10,13H,3,5-8H2,1-2H3/b10-9-,11-4-. The third kappa shape index (κ3) is 3.22. The lowest BCUT2D eigenvalue weighted by Gasteiger charge is -2.07. The summed E-state index contributed by atoms with van der Waals surface area (Å²) in [7, 11) is 0. The molecule has 0 spiro atoms. The Morgan fingerprint density at radius 1 is 1.23 bits per heavy atom. The van der Waals surface area contributed by atoms with Gasteiger partial charge in [0.05, 0.1) is 0 Å². The predicted octanol–water partition coefficient (Wildman–Crippen LogP) is 4.26. The molecule has 72 valence electrons. The normalized spacial score (nSPS) is 20.0. The Bertz CT molecular complexity index is 224. The van der Waals surface area contributed by atoms with Crippen LogP contribution >= 0.6 is 0 Å². The highest BCUT2D eigenvalue weighted by Crippen LogP contribution is 2.30. The van der Waals surface area contributed by atoms with Crippen molar-refractivity contribution in [2.45, 2.75) is 39.5 Å². The molecule has 0 saturated heterocycles. The maximum absolute atomic E-state index is 4.13. The van der Waals surface area contributed by atoms with E-state index in [1.807, 2.05) is 0 Å². The molecule has 0 N–H and O–H groups in total. The summed E-state index contributed by atoms with van der Waals surface area (Å²) >= 11 is 0. The van der Waals surface area contributed by atoms with E-state index in [4.69, 9.17) is 0 Å². The lowest BCUT2D eigenvalue weighted by molar-refractivity contribution is 0.660.